The molecule has 20 rings (SSSR count). The van der Waals surface area contributed by atoms with Crippen LogP contribution in [0.3, 0.4) is 0 Å². The number of thiophene rings is 1. The first-order chi connectivity index (χ1) is 43.6. The quantitative estimate of drug-likeness (QED) is 0.157. The van der Waals surface area contributed by atoms with E-state index in [9.17, 15) is 0 Å². The third-order valence-electron chi connectivity index (χ3n) is 18.1. The van der Waals surface area contributed by atoms with E-state index in [1.807, 2.05) is 65.9 Å². The topological polar surface area (TPSA) is 99.3 Å². The molecule has 0 aliphatic heterocycles. The van der Waals surface area contributed by atoms with Crippen LogP contribution >= 0.6 is 11.3 Å². The van der Waals surface area contributed by atoms with E-state index in [0.717, 1.165) is 71.8 Å². The average molecular weight is 1140 g/mol. The summed E-state index contributed by atoms with van der Waals surface area (Å²) in [6.07, 6.45) is 0. The molecule has 0 spiro atoms. The zero-order chi connectivity index (χ0) is 57.3. The lowest BCUT2D eigenvalue weighted by atomic mass is 9.98. The van der Waals surface area contributed by atoms with Crippen molar-refractivity contribution in [1.29, 1.82) is 0 Å². The normalized spacial score (nSPS) is 12.3. The van der Waals surface area contributed by atoms with Crippen LogP contribution in [0.15, 0.2) is 259 Å². The molecular weight excluding hydrogens is 1100 g/mol. The van der Waals surface area contributed by atoms with Crippen molar-refractivity contribution in [3.63, 3.8) is 0 Å². The molecule has 12 aromatic carbocycles. The van der Waals surface area contributed by atoms with Crippen molar-refractivity contribution in [2.75, 3.05) is 0 Å². The number of hydrogen-bond donors (Lipinski definition) is 0. The van der Waals surface area contributed by atoms with E-state index in [1.54, 1.807) is 0 Å². The van der Waals surface area contributed by atoms with Gasteiger partial charge in [-0.3, -0.25) is 0 Å². The highest BCUT2D eigenvalue weighted by molar-refractivity contribution is 7.26. The Hall–Kier alpha value is -11.7. The Morgan fingerprint density at radius 1 is 0.250 bits per heavy atom. The van der Waals surface area contributed by atoms with E-state index in [4.69, 9.17) is 34.3 Å². The molecule has 0 atom stereocenters. The van der Waals surface area contributed by atoms with Gasteiger partial charge in [0.2, 0.25) is 0 Å². The predicted octanol–water partition coefficient (Wildman–Crippen LogP) is 20.3. The molecule has 0 N–H and O–H groups in total. The molecule has 20 aromatic rings. The fourth-order valence-corrected chi connectivity index (χ4v) is 15.4. The molecule has 0 aliphatic carbocycles. The molecule has 0 saturated carbocycles. The van der Waals surface area contributed by atoms with Gasteiger partial charge in [-0.2, -0.15) is 0 Å². The highest BCUT2D eigenvalue weighted by Gasteiger charge is 2.27. The summed E-state index contributed by atoms with van der Waals surface area (Å²) < 4.78 is 14.0. The minimum atomic E-state index is 0.587. The maximum atomic E-state index is 6.76. The van der Waals surface area contributed by atoms with Gasteiger partial charge in [-0.05, 0) is 77.9 Å². The van der Waals surface area contributed by atoms with Gasteiger partial charge >= 0.3 is 0 Å². The van der Waals surface area contributed by atoms with E-state index < -0.39 is 0 Å². The number of furan rings is 1. The largest absolute Gasteiger partial charge is 0.456 e. The lowest BCUT2D eigenvalue weighted by molar-refractivity contribution is 0.669. The van der Waals surface area contributed by atoms with E-state index >= 15 is 0 Å². The molecule has 0 amide bonds. The van der Waals surface area contributed by atoms with Crippen LogP contribution in [0, 0.1) is 0 Å². The van der Waals surface area contributed by atoms with Crippen LogP contribution in [-0.2, 0) is 0 Å². The van der Waals surface area contributed by atoms with Crippen LogP contribution in [0.2, 0.25) is 0 Å². The van der Waals surface area contributed by atoms with Crippen molar-refractivity contribution in [3.05, 3.63) is 255 Å². The molecule has 0 unspecified atom stereocenters. The van der Waals surface area contributed by atoms with E-state index in [0.29, 0.717) is 34.9 Å². The Kier molecular flexibility index (Phi) is 9.69. The molecule has 88 heavy (non-hydrogen) atoms. The number of benzene rings is 12. The summed E-state index contributed by atoms with van der Waals surface area (Å²) in [5.74, 6) is 3.72. The maximum Gasteiger partial charge on any atom is 0.164 e. The number of nitrogens with zero attached hydrogens (tertiary/aromatic N) is 8. The van der Waals surface area contributed by atoms with Crippen LogP contribution < -0.4 is 0 Å². The fraction of sp³-hybridized carbons (Fsp3) is 0. The van der Waals surface area contributed by atoms with Gasteiger partial charge < -0.3 is 13.2 Å². The number of aromatic nitrogens is 8. The second-order valence-corrected chi connectivity index (χ2v) is 24.0. The molecule has 0 saturated heterocycles. The first kappa shape index (κ1) is 47.6. The highest BCUT2D eigenvalue weighted by Crippen LogP contribution is 2.51. The Morgan fingerprint density at radius 2 is 0.705 bits per heavy atom. The number of rotatable bonds is 7. The van der Waals surface area contributed by atoms with E-state index in [1.165, 1.54) is 91.0 Å². The molecule has 0 fully saturated rings. The van der Waals surface area contributed by atoms with Gasteiger partial charge in [0.15, 0.2) is 34.9 Å². The van der Waals surface area contributed by atoms with Gasteiger partial charge in [0.25, 0.3) is 0 Å². The van der Waals surface area contributed by atoms with E-state index in [-0.39, 0.29) is 0 Å². The first-order valence-electron chi connectivity index (χ1n) is 29.5. The molecule has 0 bridgehead atoms. The molecule has 406 valence electrons. The summed E-state index contributed by atoms with van der Waals surface area (Å²) >= 11 is 1.83. The minimum absolute atomic E-state index is 0.587. The summed E-state index contributed by atoms with van der Waals surface area (Å²) in [4.78, 5) is 31.2. The van der Waals surface area contributed by atoms with Crippen molar-refractivity contribution in [1.82, 2.24) is 38.7 Å². The number of hydrogen-bond acceptors (Lipinski definition) is 8. The predicted molar refractivity (Wildman–Crippen MR) is 361 cm³/mol. The van der Waals surface area contributed by atoms with Crippen molar-refractivity contribution in [3.8, 4) is 79.5 Å². The zero-order valence-electron chi connectivity index (χ0n) is 46.6. The molecule has 8 aromatic heterocycles. The van der Waals surface area contributed by atoms with Crippen LogP contribution in [0.25, 0.3) is 198 Å². The standard InChI is InChI=1S/C78H42N8OS/c1-4-17-44(18-5-1)73-79-76(82-77(81-73)49-36-38-62-57(40-49)66-63(87-62)41-55-50-23-10-13-27-58(50)85-59-28-14-11-24-51(59)68(66)71(55)85)47-33-31-43(32-34-47)48-35-37-61-54(39-48)56-42-65-70(69-52-25-12-15-29-60(52)86(61)72(56)69)67-53(26-16-30-64(67)88-65)78-83-74(45-19-6-2-7-20-45)80-75(84-78)46-21-8-3-9-22-46/h1-42H. The van der Waals surface area contributed by atoms with Gasteiger partial charge in [-0.15, -0.1) is 11.3 Å². The van der Waals surface area contributed by atoms with Crippen LogP contribution in [-0.4, -0.2) is 38.7 Å². The van der Waals surface area contributed by atoms with Gasteiger partial charge in [0.05, 0.1) is 33.1 Å². The lowest BCUT2D eigenvalue weighted by Crippen LogP contribution is -2.00. The summed E-state index contributed by atoms with van der Waals surface area (Å²) in [5.41, 5.74) is 16.6. The van der Waals surface area contributed by atoms with Crippen molar-refractivity contribution in [2.24, 2.45) is 0 Å². The lowest BCUT2D eigenvalue weighted by Gasteiger charge is -2.10. The van der Waals surface area contributed by atoms with Crippen molar-refractivity contribution in [2.45, 2.75) is 0 Å². The third-order valence-corrected chi connectivity index (χ3v) is 19.2. The van der Waals surface area contributed by atoms with E-state index in [2.05, 4.69) is 209 Å². The molecule has 8 heterocycles. The van der Waals surface area contributed by atoms with Crippen molar-refractivity contribution >= 4 is 130 Å². The number of fused-ring (bicyclic) bond motifs is 20. The molecule has 0 radical (unpaired) electrons. The second-order valence-electron chi connectivity index (χ2n) is 22.9. The Labute approximate surface area is 504 Å². The maximum absolute atomic E-state index is 6.76. The monoisotopic (exact) mass is 1140 g/mol. The summed E-state index contributed by atoms with van der Waals surface area (Å²) in [5, 5.41) is 14.1. The van der Waals surface area contributed by atoms with Crippen LogP contribution in [0.5, 0.6) is 0 Å². The Bertz CT molecular complexity index is 6230. The third kappa shape index (κ3) is 6.74. The van der Waals surface area contributed by atoms with Crippen LogP contribution in [0.4, 0.5) is 0 Å². The highest BCUT2D eigenvalue weighted by atomic mass is 32.1. The molecule has 10 heteroatoms. The van der Waals surface area contributed by atoms with Gasteiger partial charge in [0.1, 0.15) is 11.2 Å². The summed E-state index contributed by atoms with van der Waals surface area (Å²) in [6, 6.07) is 89.9. The molecule has 9 nitrogen and oxygen atoms in total. The van der Waals surface area contributed by atoms with Crippen molar-refractivity contribution < 1.29 is 4.42 Å². The average Bonchev–Trinajstić information content (AvgIpc) is 1.59. The minimum Gasteiger partial charge on any atom is -0.456 e. The Balaban J connectivity index is 0.719. The summed E-state index contributed by atoms with van der Waals surface area (Å²) in [6.45, 7) is 0. The van der Waals surface area contributed by atoms with Crippen LogP contribution in [0.1, 0.15) is 0 Å². The van der Waals surface area contributed by atoms with Gasteiger partial charge in [-0.1, -0.05) is 188 Å². The van der Waals surface area contributed by atoms with Gasteiger partial charge in [0, 0.05) is 107 Å². The fourth-order valence-electron chi connectivity index (χ4n) is 14.2. The Morgan fingerprint density at radius 3 is 1.32 bits per heavy atom. The number of para-hydroxylation sites is 3. The first-order valence-corrected chi connectivity index (χ1v) is 30.3. The summed E-state index contributed by atoms with van der Waals surface area (Å²) in [7, 11) is 0. The molecular formula is C78H42N8OS. The SMILES string of the molecule is c1ccc(-c2nc(-c3ccc(-c4ccc5c(c4)c4cc6sc7cccc(-c8nc(-c9ccccc9)nc(-c9ccccc9)n8)c7c6c6c7ccccc7n5c46)cc3)nc(-c3ccc4oc5cc6c7ccccc7n7c8ccccc8c(c5c4c3)c67)n2)cc1. The van der Waals surface area contributed by atoms with Gasteiger partial charge in [-0.25, -0.2) is 29.9 Å². The molecule has 0 aliphatic rings. The zero-order valence-corrected chi connectivity index (χ0v) is 47.5. The second kappa shape index (κ2) is 17.9. The smallest absolute Gasteiger partial charge is 0.164 e.